The number of hydrogen-bond donors (Lipinski definition) is 1. The Labute approximate surface area is 162 Å². The van der Waals surface area contributed by atoms with E-state index in [1.54, 1.807) is 0 Å². The third kappa shape index (κ3) is 5.78. The minimum atomic E-state index is 0.0242. The summed E-state index contributed by atoms with van der Waals surface area (Å²) in [5.41, 5.74) is 3.26. The van der Waals surface area contributed by atoms with Crippen molar-refractivity contribution in [3.8, 4) is 0 Å². The second-order valence-corrected chi connectivity index (χ2v) is 7.84. The molecule has 0 bridgehead atoms. The molecule has 0 radical (unpaired) electrons. The number of anilines is 1. The van der Waals surface area contributed by atoms with Crippen molar-refractivity contribution in [1.29, 1.82) is 0 Å². The first-order valence-corrected chi connectivity index (χ1v) is 10.1. The summed E-state index contributed by atoms with van der Waals surface area (Å²) in [6.07, 6.45) is 3.51. The first-order chi connectivity index (χ1) is 13.0. The van der Waals surface area contributed by atoms with E-state index in [-0.39, 0.29) is 11.8 Å². The summed E-state index contributed by atoms with van der Waals surface area (Å²) >= 11 is 0. The van der Waals surface area contributed by atoms with Gasteiger partial charge in [-0.25, -0.2) is 0 Å². The number of amides is 2. The van der Waals surface area contributed by atoms with Crippen LogP contribution in [0.15, 0.2) is 18.2 Å². The Morgan fingerprint density at radius 2 is 1.48 bits per heavy atom. The Morgan fingerprint density at radius 3 is 2.11 bits per heavy atom. The average Bonchev–Trinajstić information content (AvgIpc) is 2.67. The van der Waals surface area contributed by atoms with Gasteiger partial charge in [0.1, 0.15) is 0 Å². The standard InChI is InChI=1S/C21H32N4O2/c1-17-6-7-19(14-18(17)2)22-20(26)15-23-10-12-24(13-11-23)16-21(27)25-8-4-3-5-9-25/h6-7,14H,3-5,8-13,15-16H2,1-2H3,(H,22,26). The summed E-state index contributed by atoms with van der Waals surface area (Å²) in [6.45, 7) is 10.2. The molecule has 0 atom stereocenters. The number of hydrogen-bond acceptors (Lipinski definition) is 4. The predicted octanol–water partition coefficient (Wildman–Crippen LogP) is 1.87. The Kier molecular flexibility index (Phi) is 6.85. The normalized spacial score (nSPS) is 19.1. The highest BCUT2D eigenvalue weighted by atomic mass is 16.2. The van der Waals surface area contributed by atoms with Crippen LogP contribution < -0.4 is 5.32 Å². The lowest BCUT2D eigenvalue weighted by atomic mass is 10.1. The average molecular weight is 373 g/mol. The minimum Gasteiger partial charge on any atom is -0.342 e. The van der Waals surface area contributed by atoms with Gasteiger partial charge in [-0.2, -0.15) is 0 Å². The fraction of sp³-hybridized carbons (Fsp3) is 0.619. The molecule has 3 rings (SSSR count). The quantitative estimate of drug-likeness (QED) is 0.857. The van der Waals surface area contributed by atoms with Crippen molar-refractivity contribution in [3.63, 3.8) is 0 Å². The molecule has 1 aromatic carbocycles. The third-order valence-electron chi connectivity index (χ3n) is 5.69. The molecule has 0 aromatic heterocycles. The zero-order valence-electron chi connectivity index (χ0n) is 16.7. The van der Waals surface area contributed by atoms with Gasteiger partial charge in [0.05, 0.1) is 13.1 Å². The number of benzene rings is 1. The molecule has 2 aliphatic heterocycles. The van der Waals surface area contributed by atoms with Crippen molar-refractivity contribution in [2.24, 2.45) is 0 Å². The van der Waals surface area contributed by atoms with Crippen molar-refractivity contribution in [1.82, 2.24) is 14.7 Å². The lowest BCUT2D eigenvalue weighted by Gasteiger charge is -2.35. The van der Waals surface area contributed by atoms with E-state index in [0.29, 0.717) is 13.1 Å². The van der Waals surface area contributed by atoms with E-state index < -0.39 is 0 Å². The second kappa shape index (κ2) is 9.33. The maximum atomic E-state index is 12.4. The molecular formula is C21H32N4O2. The molecule has 2 heterocycles. The molecule has 6 heteroatoms. The number of likely N-dealkylation sites (tertiary alicyclic amines) is 1. The summed E-state index contributed by atoms with van der Waals surface area (Å²) in [7, 11) is 0. The lowest BCUT2D eigenvalue weighted by molar-refractivity contribution is -0.134. The monoisotopic (exact) mass is 372 g/mol. The number of rotatable bonds is 5. The highest BCUT2D eigenvalue weighted by Gasteiger charge is 2.23. The fourth-order valence-corrected chi connectivity index (χ4v) is 3.76. The van der Waals surface area contributed by atoms with Gasteiger partial charge in [0.25, 0.3) is 0 Å². The van der Waals surface area contributed by atoms with Gasteiger partial charge in [-0.15, -0.1) is 0 Å². The van der Waals surface area contributed by atoms with Crippen LogP contribution in [0.1, 0.15) is 30.4 Å². The lowest BCUT2D eigenvalue weighted by Crippen LogP contribution is -2.51. The molecule has 2 saturated heterocycles. The highest BCUT2D eigenvalue weighted by Crippen LogP contribution is 2.14. The highest BCUT2D eigenvalue weighted by molar-refractivity contribution is 5.92. The molecule has 0 spiro atoms. The number of carbonyl (C=O) groups is 2. The van der Waals surface area contributed by atoms with Crippen LogP contribution in [0.4, 0.5) is 5.69 Å². The van der Waals surface area contributed by atoms with Crippen molar-refractivity contribution in [2.75, 3.05) is 57.7 Å². The minimum absolute atomic E-state index is 0.0242. The summed E-state index contributed by atoms with van der Waals surface area (Å²) < 4.78 is 0. The third-order valence-corrected chi connectivity index (χ3v) is 5.69. The van der Waals surface area contributed by atoms with Gasteiger partial charge in [0.2, 0.25) is 11.8 Å². The zero-order chi connectivity index (χ0) is 19.2. The predicted molar refractivity (Wildman–Crippen MR) is 108 cm³/mol. The van der Waals surface area contributed by atoms with Crippen LogP contribution in [0, 0.1) is 13.8 Å². The number of nitrogens with zero attached hydrogens (tertiary/aromatic N) is 3. The molecule has 1 N–H and O–H groups in total. The van der Waals surface area contributed by atoms with Gasteiger partial charge in [-0.3, -0.25) is 19.4 Å². The van der Waals surface area contributed by atoms with E-state index in [2.05, 4.69) is 29.0 Å². The van der Waals surface area contributed by atoms with E-state index in [4.69, 9.17) is 0 Å². The van der Waals surface area contributed by atoms with Crippen molar-refractivity contribution in [2.45, 2.75) is 33.1 Å². The number of aryl methyl sites for hydroxylation is 2. The Morgan fingerprint density at radius 1 is 0.852 bits per heavy atom. The number of nitrogens with one attached hydrogen (secondary N) is 1. The Balaban J connectivity index is 1.39. The molecule has 0 aliphatic carbocycles. The van der Waals surface area contributed by atoms with Crippen LogP contribution in [0.3, 0.4) is 0 Å². The van der Waals surface area contributed by atoms with Crippen molar-refractivity contribution < 1.29 is 9.59 Å². The molecule has 0 saturated carbocycles. The largest absolute Gasteiger partial charge is 0.342 e. The molecule has 2 amide bonds. The van der Waals surface area contributed by atoms with Gasteiger partial charge in [-0.1, -0.05) is 6.07 Å². The van der Waals surface area contributed by atoms with E-state index >= 15 is 0 Å². The SMILES string of the molecule is Cc1ccc(NC(=O)CN2CCN(CC(=O)N3CCCCC3)CC2)cc1C. The molecule has 2 aliphatic rings. The van der Waals surface area contributed by atoms with Crippen LogP contribution in [-0.2, 0) is 9.59 Å². The first kappa shape index (κ1) is 19.8. The van der Waals surface area contributed by atoms with Crippen LogP contribution in [0.5, 0.6) is 0 Å². The molecular weight excluding hydrogens is 340 g/mol. The van der Waals surface area contributed by atoms with Gasteiger partial charge >= 0.3 is 0 Å². The molecule has 6 nitrogen and oxygen atoms in total. The Bertz CT molecular complexity index is 662. The summed E-state index contributed by atoms with van der Waals surface area (Å²) in [5, 5.41) is 2.99. The van der Waals surface area contributed by atoms with Gasteiger partial charge in [0, 0.05) is 45.0 Å². The van der Waals surface area contributed by atoms with E-state index in [1.165, 1.54) is 17.5 Å². The van der Waals surface area contributed by atoms with Crippen molar-refractivity contribution >= 4 is 17.5 Å². The number of carbonyl (C=O) groups excluding carboxylic acids is 2. The van der Waals surface area contributed by atoms with Gasteiger partial charge in [-0.05, 0) is 56.4 Å². The van der Waals surface area contributed by atoms with Crippen LogP contribution in [0.25, 0.3) is 0 Å². The second-order valence-electron chi connectivity index (χ2n) is 7.84. The number of piperidine rings is 1. The molecule has 1 aromatic rings. The topological polar surface area (TPSA) is 55.9 Å². The summed E-state index contributed by atoms with van der Waals surface area (Å²) in [5.74, 6) is 0.284. The van der Waals surface area contributed by atoms with Crippen LogP contribution in [-0.4, -0.2) is 78.9 Å². The van der Waals surface area contributed by atoms with Gasteiger partial charge < -0.3 is 10.2 Å². The molecule has 148 valence electrons. The summed E-state index contributed by atoms with van der Waals surface area (Å²) in [4.78, 5) is 31.1. The van der Waals surface area contributed by atoms with E-state index in [1.807, 2.05) is 23.1 Å². The van der Waals surface area contributed by atoms with Gasteiger partial charge in [0.15, 0.2) is 0 Å². The van der Waals surface area contributed by atoms with Crippen LogP contribution >= 0.6 is 0 Å². The summed E-state index contributed by atoms with van der Waals surface area (Å²) in [6, 6.07) is 5.99. The Hall–Kier alpha value is -1.92. The molecule has 0 unspecified atom stereocenters. The first-order valence-electron chi connectivity index (χ1n) is 10.1. The maximum Gasteiger partial charge on any atom is 0.238 e. The molecule has 2 fully saturated rings. The van der Waals surface area contributed by atoms with Crippen molar-refractivity contribution in [3.05, 3.63) is 29.3 Å². The maximum absolute atomic E-state index is 12.4. The molecule has 27 heavy (non-hydrogen) atoms. The smallest absolute Gasteiger partial charge is 0.238 e. The number of piperazine rings is 1. The van der Waals surface area contributed by atoms with Crippen LogP contribution in [0.2, 0.25) is 0 Å². The fourth-order valence-electron chi connectivity index (χ4n) is 3.76. The zero-order valence-corrected chi connectivity index (χ0v) is 16.7. The van der Waals surface area contributed by atoms with E-state index in [9.17, 15) is 9.59 Å². The van der Waals surface area contributed by atoms with E-state index in [0.717, 1.165) is 57.8 Å².